The van der Waals surface area contributed by atoms with Crippen LogP contribution in [0.25, 0.3) is 0 Å². The average Bonchev–Trinajstić information content (AvgIpc) is 2.44. The van der Waals surface area contributed by atoms with Crippen LogP contribution in [0.15, 0.2) is 18.2 Å². The fraction of sp³-hybridized carbons (Fsp3) is 0.500. The molecule has 0 aliphatic carbocycles. The highest BCUT2D eigenvalue weighted by Crippen LogP contribution is 2.36. The van der Waals surface area contributed by atoms with Crippen LogP contribution in [0.3, 0.4) is 0 Å². The van der Waals surface area contributed by atoms with E-state index in [-0.39, 0.29) is 17.7 Å². The summed E-state index contributed by atoms with van der Waals surface area (Å²) in [6.45, 7) is 5.28. The first kappa shape index (κ1) is 13.7. The maximum Gasteiger partial charge on any atom is 0.339 e. The molecule has 2 atom stereocenters. The van der Waals surface area contributed by atoms with Gasteiger partial charge in [-0.05, 0) is 26.0 Å². The monoisotopic (exact) mass is 265 g/mol. The SMILES string of the molecule is COC(C)C(C)N1CCOc2c(C(=O)O)cccc21. The number of hydrogen-bond donors (Lipinski definition) is 1. The van der Waals surface area contributed by atoms with Gasteiger partial charge in [0, 0.05) is 7.11 Å². The van der Waals surface area contributed by atoms with Crippen molar-refractivity contribution in [1.82, 2.24) is 0 Å². The molecule has 0 amide bonds. The highest BCUT2D eigenvalue weighted by atomic mass is 16.5. The third-order valence-electron chi connectivity index (χ3n) is 3.66. The number of para-hydroxylation sites is 1. The highest BCUT2D eigenvalue weighted by molar-refractivity contribution is 5.93. The van der Waals surface area contributed by atoms with Gasteiger partial charge < -0.3 is 19.5 Å². The lowest BCUT2D eigenvalue weighted by molar-refractivity contribution is 0.0691. The minimum absolute atomic E-state index is 0.0550. The van der Waals surface area contributed by atoms with Crippen LogP contribution in [0.2, 0.25) is 0 Å². The highest BCUT2D eigenvalue weighted by Gasteiger charge is 2.28. The minimum atomic E-state index is -0.967. The van der Waals surface area contributed by atoms with E-state index in [1.54, 1.807) is 19.2 Å². The molecule has 2 rings (SSSR count). The summed E-state index contributed by atoms with van der Waals surface area (Å²) in [6, 6.07) is 5.35. The number of carboxylic acid groups (broad SMARTS) is 1. The fourth-order valence-corrected chi connectivity index (χ4v) is 2.31. The van der Waals surface area contributed by atoms with Crippen molar-refractivity contribution < 1.29 is 19.4 Å². The Labute approximate surface area is 112 Å². The van der Waals surface area contributed by atoms with Crippen molar-refractivity contribution in [3.63, 3.8) is 0 Å². The molecule has 2 unspecified atom stereocenters. The minimum Gasteiger partial charge on any atom is -0.489 e. The van der Waals surface area contributed by atoms with E-state index >= 15 is 0 Å². The number of aromatic carboxylic acids is 1. The number of carboxylic acids is 1. The molecular formula is C14H19NO4. The number of anilines is 1. The fourth-order valence-electron chi connectivity index (χ4n) is 2.31. The van der Waals surface area contributed by atoms with Crippen LogP contribution in [0.1, 0.15) is 24.2 Å². The first-order valence-electron chi connectivity index (χ1n) is 6.34. The molecule has 1 aliphatic heterocycles. The van der Waals surface area contributed by atoms with Crippen LogP contribution in [0.5, 0.6) is 5.75 Å². The Kier molecular flexibility index (Phi) is 3.95. The lowest BCUT2D eigenvalue weighted by atomic mass is 10.1. The average molecular weight is 265 g/mol. The molecule has 0 bridgehead atoms. The maximum atomic E-state index is 11.2. The Morgan fingerprint density at radius 2 is 2.21 bits per heavy atom. The number of carbonyl (C=O) groups is 1. The van der Waals surface area contributed by atoms with Crippen molar-refractivity contribution in [2.24, 2.45) is 0 Å². The van der Waals surface area contributed by atoms with E-state index in [1.165, 1.54) is 0 Å². The summed E-state index contributed by atoms with van der Waals surface area (Å²) in [5, 5.41) is 9.20. The van der Waals surface area contributed by atoms with E-state index in [0.717, 1.165) is 12.2 Å². The topological polar surface area (TPSA) is 59.0 Å². The predicted molar refractivity (Wildman–Crippen MR) is 72.2 cm³/mol. The Morgan fingerprint density at radius 3 is 2.84 bits per heavy atom. The van der Waals surface area contributed by atoms with Crippen LogP contribution in [0.4, 0.5) is 5.69 Å². The number of benzene rings is 1. The molecule has 104 valence electrons. The van der Waals surface area contributed by atoms with Crippen molar-refractivity contribution in [2.45, 2.75) is 26.0 Å². The van der Waals surface area contributed by atoms with E-state index in [1.807, 2.05) is 13.0 Å². The molecular weight excluding hydrogens is 246 g/mol. The third kappa shape index (κ3) is 2.51. The lowest BCUT2D eigenvalue weighted by Gasteiger charge is -2.38. The van der Waals surface area contributed by atoms with Gasteiger partial charge in [0.15, 0.2) is 5.75 Å². The van der Waals surface area contributed by atoms with Crippen molar-refractivity contribution in [2.75, 3.05) is 25.2 Å². The quantitative estimate of drug-likeness (QED) is 0.902. The van der Waals surface area contributed by atoms with Gasteiger partial charge in [-0.25, -0.2) is 4.79 Å². The molecule has 0 fully saturated rings. The Balaban J connectivity index is 2.40. The van der Waals surface area contributed by atoms with Gasteiger partial charge in [0.05, 0.1) is 24.4 Å². The second kappa shape index (κ2) is 5.48. The summed E-state index contributed by atoms with van der Waals surface area (Å²) in [6.07, 6.45) is 0.0550. The second-order valence-electron chi connectivity index (χ2n) is 4.68. The number of methoxy groups -OCH3 is 1. The molecule has 1 aromatic rings. The number of rotatable bonds is 4. The molecule has 0 spiro atoms. The largest absolute Gasteiger partial charge is 0.489 e. The van der Waals surface area contributed by atoms with Gasteiger partial charge in [-0.3, -0.25) is 0 Å². The van der Waals surface area contributed by atoms with E-state index < -0.39 is 5.97 Å². The van der Waals surface area contributed by atoms with Crippen molar-refractivity contribution in [1.29, 1.82) is 0 Å². The van der Waals surface area contributed by atoms with Gasteiger partial charge in [0.25, 0.3) is 0 Å². The number of fused-ring (bicyclic) bond motifs is 1. The Hall–Kier alpha value is -1.75. The molecule has 19 heavy (non-hydrogen) atoms. The molecule has 0 saturated carbocycles. The van der Waals surface area contributed by atoms with Gasteiger partial charge in [-0.1, -0.05) is 6.07 Å². The summed E-state index contributed by atoms with van der Waals surface area (Å²) >= 11 is 0. The molecule has 0 saturated heterocycles. The summed E-state index contributed by atoms with van der Waals surface area (Å²) in [4.78, 5) is 13.4. The first-order valence-corrected chi connectivity index (χ1v) is 6.34. The van der Waals surface area contributed by atoms with Crippen LogP contribution in [0, 0.1) is 0 Å². The zero-order valence-corrected chi connectivity index (χ0v) is 11.4. The van der Waals surface area contributed by atoms with Crippen LogP contribution >= 0.6 is 0 Å². The zero-order chi connectivity index (χ0) is 14.0. The molecule has 0 aromatic heterocycles. The van der Waals surface area contributed by atoms with Gasteiger partial charge in [-0.2, -0.15) is 0 Å². The van der Waals surface area contributed by atoms with Gasteiger partial charge in [-0.15, -0.1) is 0 Å². The number of hydrogen-bond acceptors (Lipinski definition) is 4. The molecule has 1 heterocycles. The first-order chi connectivity index (χ1) is 9.06. The summed E-state index contributed by atoms with van der Waals surface area (Å²) in [5.41, 5.74) is 1.03. The molecule has 1 N–H and O–H groups in total. The molecule has 0 radical (unpaired) electrons. The predicted octanol–water partition coefficient (Wildman–Crippen LogP) is 2.01. The van der Waals surface area contributed by atoms with Gasteiger partial charge in [0.2, 0.25) is 0 Å². The standard InChI is InChI=1S/C14H19NO4/c1-9(10(2)18-3)15-7-8-19-13-11(14(16)17)5-4-6-12(13)15/h4-6,9-10H,7-8H2,1-3H3,(H,16,17). The summed E-state index contributed by atoms with van der Waals surface area (Å²) in [5.74, 6) is -0.512. The van der Waals surface area contributed by atoms with E-state index in [2.05, 4.69) is 11.8 Å². The van der Waals surface area contributed by atoms with Crippen LogP contribution in [-0.4, -0.2) is 43.5 Å². The van der Waals surface area contributed by atoms with E-state index in [4.69, 9.17) is 9.47 Å². The molecule has 5 heteroatoms. The van der Waals surface area contributed by atoms with Gasteiger partial charge in [0.1, 0.15) is 12.2 Å². The number of ether oxygens (including phenoxy) is 2. The van der Waals surface area contributed by atoms with Crippen molar-refractivity contribution >= 4 is 11.7 Å². The Bertz CT molecular complexity index is 475. The van der Waals surface area contributed by atoms with Crippen molar-refractivity contribution in [3.8, 4) is 5.75 Å². The summed E-state index contributed by atoms with van der Waals surface area (Å²) in [7, 11) is 1.68. The van der Waals surface area contributed by atoms with Crippen LogP contribution < -0.4 is 9.64 Å². The number of nitrogens with zero attached hydrogens (tertiary/aromatic N) is 1. The maximum absolute atomic E-state index is 11.2. The smallest absolute Gasteiger partial charge is 0.339 e. The zero-order valence-electron chi connectivity index (χ0n) is 11.4. The lowest BCUT2D eigenvalue weighted by Crippen LogP contribution is -2.45. The summed E-state index contributed by atoms with van der Waals surface area (Å²) < 4.78 is 10.9. The molecule has 1 aliphatic rings. The molecule has 1 aromatic carbocycles. The van der Waals surface area contributed by atoms with Crippen LogP contribution in [-0.2, 0) is 4.74 Å². The normalized spacial score (nSPS) is 17.3. The Morgan fingerprint density at radius 1 is 1.47 bits per heavy atom. The second-order valence-corrected chi connectivity index (χ2v) is 4.68. The van der Waals surface area contributed by atoms with Crippen molar-refractivity contribution in [3.05, 3.63) is 23.8 Å². The van der Waals surface area contributed by atoms with Gasteiger partial charge >= 0.3 is 5.97 Å². The molecule has 5 nitrogen and oxygen atoms in total. The van der Waals surface area contributed by atoms with E-state index in [9.17, 15) is 9.90 Å². The third-order valence-corrected chi connectivity index (χ3v) is 3.66. The van der Waals surface area contributed by atoms with E-state index in [0.29, 0.717) is 12.4 Å².